The summed E-state index contributed by atoms with van der Waals surface area (Å²) >= 11 is 1.69. The van der Waals surface area contributed by atoms with Crippen LogP contribution in [0.15, 0.2) is 48.0 Å². The lowest BCUT2D eigenvalue weighted by Gasteiger charge is -2.17. The highest BCUT2D eigenvalue weighted by atomic mass is 32.1. The molecule has 0 aliphatic heterocycles. The number of nitrogens with zero attached hydrogens (tertiary/aromatic N) is 1. The highest BCUT2D eigenvalue weighted by Gasteiger charge is 2.11. The van der Waals surface area contributed by atoms with E-state index in [1.165, 1.54) is 4.70 Å². The van der Waals surface area contributed by atoms with Gasteiger partial charge in [-0.25, -0.2) is 0 Å². The van der Waals surface area contributed by atoms with E-state index in [-0.39, 0.29) is 12.6 Å². The average Bonchev–Trinajstić information content (AvgIpc) is 3.03. The van der Waals surface area contributed by atoms with Crippen LogP contribution in [0.25, 0.3) is 10.2 Å². The van der Waals surface area contributed by atoms with Gasteiger partial charge < -0.3 is 15.2 Å². The molecule has 0 amide bonds. The molecule has 0 radical (unpaired) electrons. The van der Waals surface area contributed by atoms with E-state index in [2.05, 4.69) is 16.4 Å². The summed E-state index contributed by atoms with van der Waals surface area (Å²) in [6.45, 7) is 0.686. The second-order valence-electron chi connectivity index (χ2n) is 5.04. The number of thiophene rings is 1. The Kier molecular flexibility index (Phi) is 4.68. The molecule has 3 rings (SSSR count). The van der Waals surface area contributed by atoms with E-state index >= 15 is 0 Å². The van der Waals surface area contributed by atoms with Crippen molar-refractivity contribution in [2.75, 3.05) is 13.7 Å². The van der Waals surface area contributed by atoms with Gasteiger partial charge >= 0.3 is 0 Å². The Morgan fingerprint density at radius 3 is 3.05 bits per heavy atom. The molecule has 1 unspecified atom stereocenters. The minimum atomic E-state index is -0.130. The molecular formula is C17H18N2O2S. The molecule has 2 heterocycles. The Balaban J connectivity index is 1.72. The second-order valence-corrected chi connectivity index (χ2v) is 5.99. The number of benzene rings is 1. The normalized spacial score (nSPS) is 12.5. The van der Waals surface area contributed by atoms with Gasteiger partial charge in [-0.3, -0.25) is 4.98 Å². The summed E-state index contributed by atoms with van der Waals surface area (Å²) in [6.07, 6.45) is 1.88. The fourth-order valence-corrected chi connectivity index (χ4v) is 3.18. The number of rotatable bonds is 6. The standard InChI is InChI=1S/C17H18N2O2S/c1-21-14-4-2-3-13(8-14)16(11-20)19-10-12-7-17-15(18-9-12)5-6-22-17/h2-9,16,19-20H,10-11H2,1H3. The molecule has 1 aromatic carbocycles. The predicted molar refractivity (Wildman–Crippen MR) is 89.3 cm³/mol. The molecule has 0 aliphatic carbocycles. The van der Waals surface area contributed by atoms with Gasteiger partial charge in [-0.1, -0.05) is 12.1 Å². The molecule has 0 aliphatic rings. The monoisotopic (exact) mass is 314 g/mol. The number of pyridine rings is 1. The van der Waals surface area contributed by atoms with Crippen molar-refractivity contribution >= 4 is 21.6 Å². The maximum atomic E-state index is 9.64. The van der Waals surface area contributed by atoms with E-state index in [1.54, 1.807) is 18.4 Å². The van der Waals surface area contributed by atoms with Gasteiger partial charge in [0.15, 0.2) is 0 Å². The number of hydrogen-bond acceptors (Lipinski definition) is 5. The molecule has 0 fully saturated rings. The lowest BCUT2D eigenvalue weighted by atomic mass is 10.1. The van der Waals surface area contributed by atoms with Crippen molar-refractivity contribution in [1.29, 1.82) is 0 Å². The van der Waals surface area contributed by atoms with Crippen LogP contribution in [0.4, 0.5) is 0 Å². The van der Waals surface area contributed by atoms with Crippen molar-refractivity contribution in [2.45, 2.75) is 12.6 Å². The predicted octanol–water partition coefficient (Wildman–Crippen LogP) is 3.13. The van der Waals surface area contributed by atoms with Crippen LogP contribution in [-0.2, 0) is 6.54 Å². The summed E-state index contributed by atoms with van der Waals surface area (Å²) < 4.78 is 6.42. The van der Waals surface area contributed by atoms with Crippen LogP contribution >= 0.6 is 11.3 Å². The number of aliphatic hydroxyl groups excluding tert-OH is 1. The first-order chi connectivity index (χ1) is 10.8. The minimum absolute atomic E-state index is 0.0296. The minimum Gasteiger partial charge on any atom is -0.497 e. The Hall–Kier alpha value is -1.95. The summed E-state index contributed by atoms with van der Waals surface area (Å²) in [5.41, 5.74) is 3.14. The van der Waals surface area contributed by atoms with Crippen LogP contribution < -0.4 is 10.1 Å². The fraction of sp³-hybridized carbons (Fsp3) is 0.235. The van der Waals surface area contributed by atoms with Crippen LogP contribution in [0, 0.1) is 0 Å². The van der Waals surface area contributed by atoms with Crippen LogP contribution in [0.2, 0.25) is 0 Å². The highest BCUT2D eigenvalue weighted by Crippen LogP contribution is 2.21. The molecule has 0 spiro atoms. The van der Waals surface area contributed by atoms with Gasteiger partial charge in [-0.05, 0) is 40.8 Å². The van der Waals surface area contributed by atoms with Gasteiger partial charge in [0.05, 0.1) is 30.0 Å². The van der Waals surface area contributed by atoms with Crippen LogP contribution in [0.5, 0.6) is 5.75 Å². The number of aromatic nitrogens is 1. The summed E-state index contributed by atoms with van der Waals surface area (Å²) in [5, 5.41) is 15.1. The molecule has 0 saturated carbocycles. The first-order valence-corrected chi connectivity index (χ1v) is 7.98. The third-order valence-electron chi connectivity index (χ3n) is 3.59. The van der Waals surface area contributed by atoms with Gasteiger partial charge in [-0.15, -0.1) is 11.3 Å². The Morgan fingerprint density at radius 1 is 1.32 bits per heavy atom. The molecule has 5 heteroatoms. The first kappa shape index (κ1) is 15.0. The molecule has 4 nitrogen and oxygen atoms in total. The van der Waals surface area contributed by atoms with Crippen molar-refractivity contribution in [3.05, 3.63) is 59.1 Å². The van der Waals surface area contributed by atoms with Gasteiger partial charge in [0, 0.05) is 12.7 Å². The van der Waals surface area contributed by atoms with Crippen LogP contribution in [0.1, 0.15) is 17.2 Å². The topological polar surface area (TPSA) is 54.4 Å². The molecule has 2 aromatic heterocycles. The van der Waals surface area contributed by atoms with Crippen LogP contribution in [-0.4, -0.2) is 23.8 Å². The maximum absolute atomic E-state index is 9.64. The third-order valence-corrected chi connectivity index (χ3v) is 4.44. The van der Waals surface area contributed by atoms with Gasteiger partial charge in [0.1, 0.15) is 5.75 Å². The smallest absolute Gasteiger partial charge is 0.119 e. The summed E-state index contributed by atoms with van der Waals surface area (Å²) in [7, 11) is 1.64. The molecule has 1 atom stereocenters. The summed E-state index contributed by atoms with van der Waals surface area (Å²) in [6, 6.07) is 11.8. The largest absolute Gasteiger partial charge is 0.497 e. The zero-order valence-electron chi connectivity index (χ0n) is 12.3. The van der Waals surface area contributed by atoms with E-state index in [0.717, 1.165) is 22.4 Å². The average molecular weight is 314 g/mol. The molecular weight excluding hydrogens is 296 g/mol. The maximum Gasteiger partial charge on any atom is 0.119 e. The van der Waals surface area contributed by atoms with E-state index in [4.69, 9.17) is 4.74 Å². The molecule has 0 bridgehead atoms. The lowest BCUT2D eigenvalue weighted by molar-refractivity contribution is 0.243. The number of aliphatic hydroxyl groups is 1. The quantitative estimate of drug-likeness (QED) is 0.734. The first-order valence-electron chi connectivity index (χ1n) is 7.10. The molecule has 3 aromatic rings. The van der Waals surface area contributed by atoms with E-state index in [0.29, 0.717) is 6.54 Å². The lowest BCUT2D eigenvalue weighted by Crippen LogP contribution is -2.24. The van der Waals surface area contributed by atoms with Gasteiger partial charge in [0.25, 0.3) is 0 Å². The summed E-state index contributed by atoms with van der Waals surface area (Å²) in [4.78, 5) is 4.43. The van der Waals surface area contributed by atoms with Crippen molar-refractivity contribution in [3.63, 3.8) is 0 Å². The van der Waals surface area contributed by atoms with E-state index in [9.17, 15) is 5.11 Å². The van der Waals surface area contributed by atoms with Crippen molar-refractivity contribution in [2.24, 2.45) is 0 Å². The van der Waals surface area contributed by atoms with E-state index < -0.39 is 0 Å². The second kappa shape index (κ2) is 6.87. The molecule has 2 N–H and O–H groups in total. The number of methoxy groups -OCH3 is 1. The number of fused-ring (bicyclic) bond motifs is 1. The number of nitrogens with one attached hydrogen (secondary N) is 1. The van der Waals surface area contributed by atoms with Gasteiger partial charge in [0.2, 0.25) is 0 Å². The highest BCUT2D eigenvalue weighted by molar-refractivity contribution is 7.17. The Labute approximate surface area is 133 Å². The Morgan fingerprint density at radius 2 is 2.23 bits per heavy atom. The number of ether oxygens (including phenoxy) is 1. The molecule has 114 valence electrons. The number of hydrogen-bond donors (Lipinski definition) is 2. The van der Waals surface area contributed by atoms with Crippen LogP contribution in [0.3, 0.4) is 0 Å². The van der Waals surface area contributed by atoms with Crippen molar-refractivity contribution < 1.29 is 9.84 Å². The van der Waals surface area contributed by atoms with Crippen molar-refractivity contribution in [3.8, 4) is 5.75 Å². The van der Waals surface area contributed by atoms with Gasteiger partial charge in [-0.2, -0.15) is 0 Å². The Bertz CT molecular complexity index is 757. The zero-order valence-corrected chi connectivity index (χ0v) is 13.1. The summed E-state index contributed by atoms with van der Waals surface area (Å²) in [5.74, 6) is 0.791. The SMILES string of the molecule is COc1cccc(C(CO)NCc2cnc3ccsc3c2)c1. The van der Waals surface area contributed by atoms with E-state index in [1.807, 2.05) is 41.9 Å². The zero-order chi connectivity index (χ0) is 15.4. The van der Waals surface area contributed by atoms with Crippen molar-refractivity contribution in [1.82, 2.24) is 10.3 Å². The molecule has 0 saturated heterocycles. The fourth-order valence-electron chi connectivity index (χ4n) is 2.37. The third kappa shape index (κ3) is 3.27. The molecule has 22 heavy (non-hydrogen) atoms.